The lowest BCUT2D eigenvalue weighted by molar-refractivity contribution is -0.138. The number of ether oxygens (including phenoxy) is 1. The van der Waals surface area contributed by atoms with Crippen molar-refractivity contribution in [2.75, 3.05) is 13.1 Å². The molecule has 66 valence electrons. The fourth-order valence-electron chi connectivity index (χ4n) is 1.52. The molecule has 4 nitrogen and oxygen atoms in total. The van der Waals surface area contributed by atoms with Crippen LogP contribution in [0.4, 0.5) is 0 Å². The zero-order valence-corrected chi connectivity index (χ0v) is 7.02. The van der Waals surface area contributed by atoms with Crippen LogP contribution in [-0.4, -0.2) is 25.2 Å². The average molecular weight is 168 g/mol. The van der Waals surface area contributed by atoms with Gasteiger partial charge in [-0.3, -0.25) is 0 Å². The summed E-state index contributed by atoms with van der Waals surface area (Å²) in [4.78, 5) is 11.2. The van der Waals surface area contributed by atoms with Gasteiger partial charge in [0.05, 0.1) is 5.57 Å². The quantitative estimate of drug-likeness (QED) is 0.386. The molecule has 0 bridgehead atoms. The molecular weight excluding hydrogens is 156 g/mol. The Morgan fingerprint density at radius 2 is 2.08 bits per heavy atom. The second-order valence-corrected chi connectivity index (χ2v) is 3.13. The van der Waals surface area contributed by atoms with Gasteiger partial charge in [-0.15, -0.1) is 0 Å². The maximum Gasteiger partial charge on any atom is 0.338 e. The Morgan fingerprint density at radius 1 is 1.42 bits per heavy atom. The lowest BCUT2D eigenvalue weighted by Crippen LogP contribution is -2.15. The minimum atomic E-state index is -0.181. The van der Waals surface area contributed by atoms with E-state index in [0.29, 0.717) is 6.42 Å². The number of esters is 1. The third-order valence-corrected chi connectivity index (χ3v) is 2.08. The zero-order chi connectivity index (χ0) is 8.55. The fourth-order valence-corrected chi connectivity index (χ4v) is 1.52. The minimum absolute atomic E-state index is 0.0317. The summed E-state index contributed by atoms with van der Waals surface area (Å²) in [6.45, 7) is 3.68. The van der Waals surface area contributed by atoms with Crippen molar-refractivity contribution in [3.05, 3.63) is 11.4 Å². The maximum atomic E-state index is 11.2. The van der Waals surface area contributed by atoms with Crippen molar-refractivity contribution in [3.8, 4) is 0 Å². The summed E-state index contributed by atoms with van der Waals surface area (Å²) in [5, 5.41) is 6.23. The smallest absolute Gasteiger partial charge is 0.338 e. The third kappa shape index (κ3) is 1.13. The SMILES string of the molecule is CC1CC(=C2NCCN2)C(=O)O1. The molecule has 1 atom stereocenters. The van der Waals surface area contributed by atoms with Gasteiger partial charge in [-0.2, -0.15) is 0 Å². The van der Waals surface area contributed by atoms with Crippen molar-refractivity contribution in [2.24, 2.45) is 0 Å². The molecule has 0 amide bonds. The summed E-state index contributed by atoms with van der Waals surface area (Å²) >= 11 is 0. The van der Waals surface area contributed by atoms with Crippen LogP contribution >= 0.6 is 0 Å². The Labute approximate surface area is 71.0 Å². The largest absolute Gasteiger partial charge is 0.459 e. The molecule has 0 aliphatic carbocycles. The van der Waals surface area contributed by atoms with E-state index in [2.05, 4.69) is 10.6 Å². The van der Waals surface area contributed by atoms with Crippen LogP contribution < -0.4 is 10.6 Å². The molecule has 2 saturated heterocycles. The first-order valence-electron chi connectivity index (χ1n) is 4.19. The highest BCUT2D eigenvalue weighted by atomic mass is 16.5. The molecule has 0 aromatic heterocycles. The molecule has 12 heavy (non-hydrogen) atoms. The van der Waals surface area contributed by atoms with Gasteiger partial charge in [-0.25, -0.2) is 4.79 Å². The fraction of sp³-hybridized carbons (Fsp3) is 0.625. The van der Waals surface area contributed by atoms with E-state index in [0.717, 1.165) is 24.5 Å². The number of cyclic esters (lactones) is 1. The van der Waals surface area contributed by atoms with E-state index in [1.165, 1.54) is 0 Å². The molecule has 2 fully saturated rings. The number of rotatable bonds is 0. The average Bonchev–Trinajstić information content (AvgIpc) is 2.58. The predicted octanol–water partition coefficient (Wildman–Crippen LogP) is -0.274. The van der Waals surface area contributed by atoms with Crippen molar-refractivity contribution < 1.29 is 9.53 Å². The molecule has 0 aromatic rings. The number of nitrogens with one attached hydrogen (secondary N) is 2. The Kier molecular flexibility index (Phi) is 1.67. The van der Waals surface area contributed by atoms with E-state index >= 15 is 0 Å². The van der Waals surface area contributed by atoms with Gasteiger partial charge in [-0.1, -0.05) is 0 Å². The third-order valence-electron chi connectivity index (χ3n) is 2.08. The van der Waals surface area contributed by atoms with Gasteiger partial charge in [0.2, 0.25) is 0 Å². The van der Waals surface area contributed by atoms with Crippen LogP contribution in [-0.2, 0) is 9.53 Å². The van der Waals surface area contributed by atoms with Gasteiger partial charge in [0.25, 0.3) is 0 Å². The number of hydrogen-bond acceptors (Lipinski definition) is 4. The van der Waals surface area contributed by atoms with Crippen LogP contribution in [0.5, 0.6) is 0 Å². The molecule has 2 aliphatic heterocycles. The standard InChI is InChI=1S/C8H12N2O2/c1-5-4-6(8(11)12-5)7-9-2-3-10-7/h5,9-10H,2-4H2,1H3. The van der Waals surface area contributed by atoms with E-state index in [-0.39, 0.29) is 12.1 Å². The number of carbonyl (C=O) groups excluding carboxylic acids is 1. The highest BCUT2D eigenvalue weighted by molar-refractivity contribution is 5.91. The highest BCUT2D eigenvalue weighted by Gasteiger charge is 2.29. The Hall–Kier alpha value is -1.19. The van der Waals surface area contributed by atoms with Crippen LogP contribution in [0.15, 0.2) is 11.4 Å². The second-order valence-electron chi connectivity index (χ2n) is 3.13. The van der Waals surface area contributed by atoms with Gasteiger partial charge in [0, 0.05) is 19.5 Å². The van der Waals surface area contributed by atoms with Crippen LogP contribution in [0.1, 0.15) is 13.3 Å². The van der Waals surface area contributed by atoms with E-state index in [1.54, 1.807) is 0 Å². The highest BCUT2D eigenvalue weighted by Crippen LogP contribution is 2.21. The first-order chi connectivity index (χ1) is 5.77. The zero-order valence-electron chi connectivity index (χ0n) is 7.02. The summed E-state index contributed by atoms with van der Waals surface area (Å²) in [6.07, 6.45) is 0.748. The van der Waals surface area contributed by atoms with Gasteiger partial charge >= 0.3 is 5.97 Å². The summed E-state index contributed by atoms with van der Waals surface area (Å²) in [7, 11) is 0. The normalized spacial score (nSPS) is 28.4. The Morgan fingerprint density at radius 3 is 2.58 bits per heavy atom. The molecule has 0 saturated carbocycles. The molecule has 0 radical (unpaired) electrons. The minimum Gasteiger partial charge on any atom is -0.459 e. The predicted molar refractivity (Wildman–Crippen MR) is 43.2 cm³/mol. The van der Waals surface area contributed by atoms with E-state index < -0.39 is 0 Å². The van der Waals surface area contributed by atoms with Crippen LogP contribution in [0.25, 0.3) is 0 Å². The topological polar surface area (TPSA) is 50.4 Å². The number of hydrogen-bond donors (Lipinski definition) is 2. The number of carbonyl (C=O) groups is 1. The molecule has 0 aromatic carbocycles. The Balaban J connectivity index is 2.22. The van der Waals surface area contributed by atoms with E-state index in [9.17, 15) is 4.79 Å². The molecule has 0 spiro atoms. The van der Waals surface area contributed by atoms with Gasteiger partial charge in [0.15, 0.2) is 0 Å². The van der Waals surface area contributed by atoms with E-state index in [1.807, 2.05) is 6.92 Å². The lowest BCUT2D eigenvalue weighted by atomic mass is 10.2. The molecule has 2 N–H and O–H groups in total. The van der Waals surface area contributed by atoms with Gasteiger partial charge < -0.3 is 15.4 Å². The van der Waals surface area contributed by atoms with Crippen LogP contribution in [0.2, 0.25) is 0 Å². The van der Waals surface area contributed by atoms with E-state index in [4.69, 9.17) is 4.74 Å². The first kappa shape index (κ1) is 7.46. The summed E-state index contributed by atoms with van der Waals surface area (Å²) in [5.41, 5.74) is 0.764. The van der Waals surface area contributed by atoms with Gasteiger partial charge in [0.1, 0.15) is 11.9 Å². The molecule has 2 rings (SSSR count). The summed E-state index contributed by atoms with van der Waals surface area (Å²) in [5.74, 6) is 0.684. The second kappa shape index (κ2) is 2.69. The monoisotopic (exact) mass is 168 g/mol. The van der Waals surface area contributed by atoms with Crippen LogP contribution in [0.3, 0.4) is 0 Å². The molecule has 2 heterocycles. The Bertz CT molecular complexity index is 239. The summed E-state index contributed by atoms with van der Waals surface area (Å²) in [6, 6.07) is 0. The molecular formula is C8H12N2O2. The maximum absolute atomic E-state index is 11.2. The molecule has 2 aliphatic rings. The first-order valence-corrected chi connectivity index (χ1v) is 4.19. The van der Waals surface area contributed by atoms with Crippen molar-refractivity contribution >= 4 is 5.97 Å². The van der Waals surface area contributed by atoms with Gasteiger partial charge in [-0.05, 0) is 6.92 Å². The van der Waals surface area contributed by atoms with Crippen molar-refractivity contribution in [1.82, 2.24) is 10.6 Å². The van der Waals surface area contributed by atoms with Crippen molar-refractivity contribution in [2.45, 2.75) is 19.4 Å². The molecule has 1 unspecified atom stereocenters. The van der Waals surface area contributed by atoms with Crippen LogP contribution in [0, 0.1) is 0 Å². The van der Waals surface area contributed by atoms with Crippen molar-refractivity contribution in [1.29, 1.82) is 0 Å². The van der Waals surface area contributed by atoms with Crippen molar-refractivity contribution in [3.63, 3.8) is 0 Å². The molecule has 4 heteroatoms. The summed E-state index contributed by atoms with van der Waals surface area (Å²) < 4.78 is 5.01. The lowest BCUT2D eigenvalue weighted by Gasteiger charge is -2.00.